The minimum absolute atomic E-state index is 0.373. The molecule has 2 aromatic heterocycles. The molecule has 23 heavy (non-hydrogen) atoms. The largest absolute Gasteiger partial charge is 0.467 e. The lowest BCUT2D eigenvalue weighted by Gasteiger charge is -2.31. The van der Waals surface area contributed by atoms with Crippen LogP contribution in [-0.4, -0.2) is 61.7 Å². The van der Waals surface area contributed by atoms with Crippen molar-refractivity contribution in [1.29, 1.82) is 0 Å². The van der Waals surface area contributed by atoms with Gasteiger partial charge in [0, 0.05) is 12.3 Å². The third-order valence-electron chi connectivity index (χ3n) is 4.13. The molecule has 1 aliphatic heterocycles. The first-order valence-corrected chi connectivity index (χ1v) is 9.01. The van der Waals surface area contributed by atoms with Crippen LogP contribution in [0.4, 0.5) is 0 Å². The minimum Gasteiger partial charge on any atom is -0.467 e. The van der Waals surface area contributed by atoms with E-state index in [1.54, 1.807) is 10.9 Å². The summed E-state index contributed by atoms with van der Waals surface area (Å²) in [6.07, 6.45) is 3.71. The second-order valence-electron chi connectivity index (χ2n) is 6.15. The first kappa shape index (κ1) is 16.5. The number of furan rings is 1. The normalized spacial score (nSPS) is 18.3. The highest BCUT2D eigenvalue weighted by atomic mass is 32.2. The number of aromatic nitrogens is 4. The van der Waals surface area contributed by atoms with Gasteiger partial charge in [-0.15, -0.1) is 5.10 Å². The Labute approximate surface area is 140 Å². The molecule has 0 bridgehead atoms. The Balaban J connectivity index is 1.45. The van der Waals surface area contributed by atoms with Crippen molar-refractivity contribution in [3.63, 3.8) is 0 Å². The van der Waals surface area contributed by atoms with Crippen LogP contribution in [-0.2, 0) is 6.54 Å². The van der Waals surface area contributed by atoms with Crippen LogP contribution >= 0.6 is 11.8 Å². The smallest absolute Gasteiger partial charge is 0.209 e. The number of likely N-dealkylation sites (tertiary alicyclic amines) is 1. The molecule has 1 atom stereocenters. The standard InChI is InChI=1S/C15H23N5O2S/c1-12-4-6-19(7-5-12)9-13(21)11-23-15-16-17-18-20(15)10-14-3-2-8-22-14/h2-3,8,12-13,21H,4-7,9-11H2,1H3. The highest BCUT2D eigenvalue weighted by Gasteiger charge is 2.19. The van der Waals surface area contributed by atoms with E-state index in [0.717, 1.165) is 31.3 Å². The van der Waals surface area contributed by atoms with Gasteiger partial charge in [0.25, 0.3) is 0 Å². The zero-order chi connectivity index (χ0) is 16.1. The van der Waals surface area contributed by atoms with Crippen molar-refractivity contribution in [2.45, 2.75) is 37.6 Å². The molecule has 1 saturated heterocycles. The van der Waals surface area contributed by atoms with Gasteiger partial charge in [0.05, 0.1) is 12.4 Å². The number of rotatable bonds is 7. The monoisotopic (exact) mass is 337 g/mol. The van der Waals surface area contributed by atoms with Crippen LogP contribution < -0.4 is 0 Å². The maximum absolute atomic E-state index is 10.3. The van der Waals surface area contributed by atoms with E-state index in [4.69, 9.17) is 4.42 Å². The summed E-state index contributed by atoms with van der Waals surface area (Å²) in [7, 11) is 0. The Hall–Kier alpha value is -1.38. The van der Waals surface area contributed by atoms with Crippen LogP contribution in [0.5, 0.6) is 0 Å². The first-order valence-electron chi connectivity index (χ1n) is 8.02. The summed E-state index contributed by atoms with van der Waals surface area (Å²) in [5.74, 6) is 2.20. The van der Waals surface area contributed by atoms with Crippen LogP contribution in [0.15, 0.2) is 28.0 Å². The number of thioether (sulfide) groups is 1. The third kappa shape index (κ3) is 4.79. The van der Waals surface area contributed by atoms with Gasteiger partial charge in [-0.3, -0.25) is 0 Å². The summed E-state index contributed by atoms with van der Waals surface area (Å²) in [6.45, 7) is 5.68. The number of aliphatic hydroxyl groups is 1. The van der Waals surface area contributed by atoms with E-state index in [-0.39, 0.29) is 6.10 Å². The number of piperidine rings is 1. The Morgan fingerprint density at radius 3 is 3.00 bits per heavy atom. The fourth-order valence-corrected chi connectivity index (χ4v) is 3.51. The van der Waals surface area contributed by atoms with Gasteiger partial charge in [-0.25, -0.2) is 4.68 Å². The number of aliphatic hydroxyl groups excluding tert-OH is 1. The molecule has 8 heteroatoms. The van der Waals surface area contributed by atoms with Crippen LogP contribution in [0.1, 0.15) is 25.5 Å². The van der Waals surface area contributed by atoms with Gasteiger partial charge in [-0.05, 0) is 54.4 Å². The average Bonchev–Trinajstić information content (AvgIpc) is 3.20. The van der Waals surface area contributed by atoms with E-state index >= 15 is 0 Å². The molecule has 0 amide bonds. The average molecular weight is 337 g/mol. The number of hydrogen-bond acceptors (Lipinski definition) is 7. The van der Waals surface area contributed by atoms with Crippen molar-refractivity contribution < 1.29 is 9.52 Å². The molecule has 1 N–H and O–H groups in total. The van der Waals surface area contributed by atoms with Crippen LogP contribution in [0.25, 0.3) is 0 Å². The highest BCUT2D eigenvalue weighted by molar-refractivity contribution is 7.99. The SMILES string of the molecule is CC1CCN(CC(O)CSc2nnnn2Cc2ccco2)CC1. The zero-order valence-corrected chi connectivity index (χ0v) is 14.2. The topological polar surface area (TPSA) is 80.2 Å². The molecule has 2 aromatic rings. The maximum atomic E-state index is 10.3. The van der Waals surface area contributed by atoms with Crippen molar-refractivity contribution >= 4 is 11.8 Å². The zero-order valence-electron chi connectivity index (χ0n) is 13.3. The van der Waals surface area contributed by atoms with E-state index < -0.39 is 0 Å². The second kappa shape index (κ2) is 7.94. The fourth-order valence-electron chi connectivity index (χ4n) is 2.72. The van der Waals surface area contributed by atoms with E-state index in [1.165, 1.54) is 24.6 Å². The number of nitrogens with zero attached hydrogens (tertiary/aromatic N) is 5. The summed E-state index contributed by atoms with van der Waals surface area (Å²) in [5.41, 5.74) is 0. The molecule has 3 heterocycles. The van der Waals surface area contributed by atoms with E-state index in [0.29, 0.717) is 17.5 Å². The van der Waals surface area contributed by atoms with Gasteiger partial charge in [0.1, 0.15) is 12.3 Å². The number of tetrazole rings is 1. The quantitative estimate of drug-likeness (QED) is 0.767. The third-order valence-corrected chi connectivity index (χ3v) is 5.24. The molecule has 0 saturated carbocycles. The predicted octanol–water partition coefficient (Wildman–Crippen LogP) is 1.50. The van der Waals surface area contributed by atoms with E-state index in [9.17, 15) is 5.11 Å². The molecule has 0 radical (unpaired) electrons. The molecular formula is C15H23N5O2S. The minimum atomic E-state index is -0.373. The Kier molecular flexibility index (Phi) is 5.69. The molecule has 126 valence electrons. The van der Waals surface area contributed by atoms with Crippen LogP contribution in [0.2, 0.25) is 0 Å². The molecule has 1 fully saturated rings. The molecule has 3 rings (SSSR count). The second-order valence-corrected chi connectivity index (χ2v) is 7.13. The molecule has 0 aromatic carbocycles. The van der Waals surface area contributed by atoms with Gasteiger partial charge in [0.2, 0.25) is 5.16 Å². The van der Waals surface area contributed by atoms with Gasteiger partial charge >= 0.3 is 0 Å². The lowest BCUT2D eigenvalue weighted by molar-refractivity contribution is 0.105. The fraction of sp³-hybridized carbons (Fsp3) is 0.667. The summed E-state index contributed by atoms with van der Waals surface area (Å²) >= 11 is 1.48. The van der Waals surface area contributed by atoms with Gasteiger partial charge in [-0.2, -0.15) is 0 Å². The predicted molar refractivity (Wildman–Crippen MR) is 87.2 cm³/mol. The van der Waals surface area contributed by atoms with Gasteiger partial charge in [0.15, 0.2) is 0 Å². The van der Waals surface area contributed by atoms with E-state index in [1.807, 2.05) is 12.1 Å². The Morgan fingerprint density at radius 1 is 1.43 bits per heavy atom. The Bertz CT molecular complexity index is 580. The van der Waals surface area contributed by atoms with Crippen molar-refractivity contribution in [2.24, 2.45) is 5.92 Å². The highest BCUT2D eigenvalue weighted by Crippen LogP contribution is 2.19. The lowest BCUT2D eigenvalue weighted by atomic mass is 9.99. The molecule has 7 nitrogen and oxygen atoms in total. The van der Waals surface area contributed by atoms with Crippen LogP contribution in [0, 0.1) is 5.92 Å². The lowest BCUT2D eigenvalue weighted by Crippen LogP contribution is -2.39. The van der Waals surface area contributed by atoms with E-state index in [2.05, 4.69) is 27.3 Å². The summed E-state index contributed by atoms with van der Waals surface area (Å²) < 4.78 is 7.01. The van der Waals surface area contributed by atoms with Gasteiger partial charge in [-0.1, -0.05) is 18.7 Å². The number of hydrogen-bond donors (Lipinski definition) is 1. The first-order chi connectivity index (χ1) is 11.2. The van der Waals surface area contributed by atoms with Crippen molar-refractivity contribution in [2.75, 3.05) is 25.4 Å². The van der Waals surface area contributed by atoms with Crippen molar-refractivity contribution in [3.05, 3.63) is 24.2 Å². The summed E-state index contributed by atoms with van der Waals surface area (Å²) in [4.78, 5) is 2.34. The Morgan fingerprint density at radius 2 is 2.26 bits per heavy atom. The summed E-state index contributed by atoms with van der Waals surface area (Å²) in [5, 5.41) is 22.7. The van der Waals surface area contributed by atoms with Crippen LogP contribution in [0.3, 0.4) is 0 Å². The molecular weight excluding hydrogens is 314 g/mol. The molecule has 1 aliphatic rings. The van der Waals surface area contributed by atoms with Crippen molar-refractivity contribution in [3.8, 4) is 0 Å². The molecule has 1 unspecified atom stereocenters. The number of β-amino-alcohol motifs (C(OH)–C–C–N with tert-alkyl or cyclic N) is 1. The molecule has 0 aliphatic carbocycles. The maximum Gasteiger partial charge on any atom is 0.209 e. The summed E-state index contributed by atoms with van der Waals surface area (Å²) in [6, 6.07) is 3.73. The molecule has 0 spiro atoms. The van der Waals surface area contributed by atoms with Gasteiger partial charge < -0.3 is 14.4 Å². The van der Waals surface area contributed by atoms with Crippen molar-refractivity contribution in [1.82, 2.24) is 25.1 Å².